The fourth-order valence-corrected chi connectivity index (χ4v) is 0.944. The SMILES string of the molecule is CC(C)C(C)OC(=O)c1ccnc(F)c1F. The quantitative estimate of drug-likeness (QED) is 0.590. The zero-order chi connectivity index (χ0) is 12.3. The molecule has 0 saturated carbocycles. The van der Waals surface area contributed by atoms with E-state index in [1.807, 2.05) is 13.8 Å². The summed E-state index contributed by atoms with van der Waals surface area (Å²) in [7, 11) is 0. The number of ether oxygens (including phenoxy) is 1. The first-order chi connectivity index (χ1) is 7.43. The lowest BCUT2D eigenvalue weighted by molar-refractivity contribution is 0.0231. The van der Waals surface area contributed by atoms with Crippen molar-refractivity contribution >= 4 is 5.97 Å². The Morgan fingerprint density at radius 3 is 2.56 bits per heavy atom. The van der Waals surface area contributed by atoms with Gasteiger partial charge in [-0.15, -0.1) is 0 Å². The maximum Gasteiger partial charge on any atom is 0.341 e. The van der Waals surface area contributed by atoms with Crippen molar-refractivity contribution in [1.82, 2.24) is 4.98 Å². The van der Waals surface area contributed by atoms with Crippen molar-refractivity contribution in [2.75, 3.05) is 0 Å². The molecule has 1 aromatic rings. The van der Waals surface area contributed by atoms with E-state index < -0.39 is 23.3 Å². The van der Waals surface area contributed by atoms with Gasteiger partial charge in [0.2, 0.25) is 5.95 Å². The third kappa shape index (κ3) is 2.74. The van der Waals surface area contributed by atoms with Gasteiger partial charge in [-0.1, -0.05) is 13.8 Å². The second-order valence-electron chi connectivity index (χ2n) is 3.82. The zero-order valence-electron chi connectivity index (χ0n) is 9.33. The molecule has 0 saturated heterocycles. The molecule has 0 radical (unpaired) electrons. The molecule has 0 fully saturated rings. The van der Waals surface area contributed by atoms with Gasteiger partial charge in [0.05, 0.1) is 0 Å². The molecule has 1 aromatic heterocycles. The molecule has 0 bridgehead atoms. The van der Waals surface area contributed by atoms with E-state index in [2.05, 4.69) is 4.98 Å². The van der Waals surface area contributed by atoms with Crippen LogP contribution in [0.1, 0.15) is 31.1 Å². The van der Waals surface area contributed by atoms with Crippen LogP contribution in [0.5, 0.6) is 0 Å². The summed E-state index contributed by atoms with van der Waals surface area (Å²) in [6, 6.07) is 1.09. The Labute approximate surface area is 92.4 Å². The lowest BCUT2D eigenvalue weighted by atomic mass is 10.1. The Morgan fingerprint density at radius 1 is 1.38 bits per heavy atom. The summed E-state index contributed by atoms with van der Waals surface area (Å²) in [6.07, 6.45) is 0.665. The molecule has 1 heterocycles. The van der Waals surface area contributed by atoms with E-state index in [4.69, 9.17) is 4.74 Å². The average Bonchev–Trinajstić information content (AvgIpc) is 2.21. The number of carbonyl (C=O) groups excluding carboxylic acids is 1. The highest BCUT2D eigenvalue weighted by Gasteiger charge is 2.20. The molecule has 88 valence electrons. The second kappa shape index (κ2) is 5.01. The number of esters is 1. The lowest BCUT2D eigenvalue weighted by Gasteiger charge is -2.16. The molecule has 0 spiro atoms. The molecule has 0 aromatic carbocycles. The minimum atomic E-state index is -1.30. The fraction of sp³-hybridized carbons (Fsp3) is 0.455. The van der Waals surface area contributed by atoms with E-state index in [9.17, 15) is 13.6 Å². The summed E-state index contributed by atoms with van der Waals surface area (Å²) >= 11 is 0. The topological polar surface area (TPSA) is 39.2 Å². The van der Waals surface area contributed by atoms with E-state index in [-0.39, 0.29) is 12.0 Å². The van der Waals surface area contributed by atoms with Crippen LogP contribution in [0.25, 0.3) is 0 Å². The van der Waals surface area contributed by atoms with Gasteiger partial charge in [0, 0.05) is 6.20 Å². The smallest absolute Gasteiger partial charge is 0.341 e. The van der Waals surface area contributed by atoms with E-state index in [0.29, 0.717) is 0 Å². The second-order valence-corrected chi connectivity index (χ2v) is 3.82. The molecule has 1 unspecified atom stereocenters. The summed E-state index contributed by atoms with van der Waals surface area (Å²) in [5.41, 5.74) is -0.431. The third-order valence-electron chi connectivity index (χ3n) is 2.30. The summed E-state index contributed by atoms with van der Waals surface area (Å²) < 4.78 is 30.9. The Bertz CT molecular complexity index is 394. The monoisotopic (exact) mass is 229 g/mol. The van der Waals surface area contributed by atoms with Gasteiger partial charge in [-0.05, 0) is 18.9 Å². The van der Waals surface area contributed by atoms with Gasteiger partial charge in [-0.25, -0.2) is 14.2 Å². The lowest BCUT2D eigenvalue weighted by Crippen LogP contribution is -2.21. The number of aromatic nitrogens is 1. The molecule has 0 aliphatic rings. The zero-order valence-corrected chi connectivity index (χ0v) is 9.33. The highest BCUT2D eigenvalue weighted by molar-refractivity contribution is 5.89. The van der Waals surface area contributed by atoms with Gasteiger partial charge in [0.15, 0.2) is 5.82 Å². The van der Waals surface area contributed by atoms with Gasteiger partial charge >= 0.3 is 5.97 Å². The average molecular weight is 229 g/mol. The van der Waals surface area contributed by atoms with Crippen LogP contribution in [-0.4, -0.2) is 17.1 Å². The highest BCUT2D eigenvalue weighted by atomic mass is 19.2. The number of carbonyl (C=O) groups is 1. The van der Waals surface area contributed by atoms with Crippen LogP contribution in [0.15, 0.2) is 12.3 Å². The van der Waals surface area contributed by atoms with Crippen LogP contribution in [-0.2, 0) is 4.74 Å². The van der Waals surface area contributed by atoms with E-state index in [0.717, 1.165) is 12.3 Å². The van der Waals surface area contributed by atoms with Gasteiger partial charge in [0.25, 0.3) is 0 Å². The Balaban J connectivity index is 2.85. The normalized spacial score (nSPS) is 12.6. The minimum absolute atomic E-state index is 0.110. The maximum atomic E-state index is 13.2. The van der Waals surface area contributed by atoms with Crippen LogP contribution >= 0.6 is 0 Å². The summed E-state index contributed by atoms with van der Waals surface area (Å²) in [4.78, 5) is 14.6. The van der Waals surface area contributed by atoms with Crippen molar-refractivity contribution in [2.24, 2.45) is 5.92 Å². The van der Waals surface area contributed by atoms with Gasteiger partial charge in [0.1, 0.15) is 11.7 Å². The molecular formula is C11H13F2NO2. The number of nitrogens with zero attached hydrogens (tertiary/aromatic N) is 1. The highest BCUT2D eigenvalue weighted by Crippen LogP contribution is 2.13. The molecular weight excluding hydrogens is 216 g/mol. The first kappa shape index (κ1) is 12.5. The molecule has 5 heteroatoms. The molecule has 0 amide bonds. The minimum Gasteiger partial charge on any atom is -0.459 e. The third-order valence-corrected chi connectivity index (χ3v) is 2.30. The summed E-state index contributed by atoms with van der Waals surface area (Å²) in [5.74, 6) is -3.34. The van der Waals surface area contributed by atoms with Crippen molar-refractivity contribution in [2.45, 2.75) is 26.9 Å². The summed E-state index contributed by atoms with van der Waals surface area (Å²) in [5, 5.41) is 0. The standard InChI is InChI=1S/C11H13F2NO2/c1-6(2)7(3)16-11(15)8-4-5-14-10(13)9(8)12/h4-7H,1-3H3. The van der Waals surface area contributed by atoms with Gasteiger partial charge < -0.3 is 4.74 Å². The molecule has 16 heavy (non-hydrogen) atoms. The Kier molecular flexibility index (Phi) is 3.93. The Morgan fingerprint density at radius 2 is 2.00 bits per heavy atom. The van der Waals surface area contributed by atoms with E-state index >= 15 is 0 Å². The van der Waals surface area contributed by atoms with Gasteiger partial charge in [-0.2, -0.15) is 4.39 Å². The van der Waals surface area contributed by atoms with Crippen molar-refractivity contribution in [3.05, 3.63) is 29.6 Å². The maximum absolute atomic E-state index is 13.2. The first-order valence-corrected chi connectivity index (χ1v) is 4.94. The number of rotatable bonds is 3. The van der Waals surface area contributed by atoms with Crippen molar-refractivity contribution in [1.29, 1.82) is 0 Å². The first-order valence-electron chi connectivity index (χ1n) is 4.94. The van der Waals surface area contributed by atoms with Crippen LogP contribution in [0.4, 0.5) is 8.78 Å². The predicted molar refractivity (Wildman–Crippen MR) is 53.9 cm³/mol. The molecule has 1 rings (SSSR count). The van der Waals surface area contributed by atoms with Crippen molar-refractivity contribution < 1.29 is 18.3 Å². The van der Waals surface area contributed by atoms with Crippen molar-refractivity contribution in [3.8, 4) is 0 Å². The van der Waals surface area contributed by atoms with Crippen LogP contribution in [0, 0.1) is 17.7 Å². The van der Waals surface area contributed by atoms with Crippen molar-refractivity contribution in [3.63, 3.8) is 0 Å². The molecule has 3 nitrogen and oxygen atoms in total. The molecule has 1 atom stereocenters. The van der Waals surface area contributed by atoms with Crippen LogP contribution in [0.3, 0.4) is 0 Å². The Hall–Kier alpha value is -1.52. The predicted octanol–water partition coefficient (Wildman–Crippen LogP) is 2.56. The fourth-order valence-electron chi connectivity index (χ4n) is 0.944. The largest absolute Gasteiger partial charge is 0.459 e. The summed E-state index contributed by atoms with van der Waals surface area (Å²) in [6.45, 7) is 5.42. The molecule has 0 aliphatic carbocycles. The number of halogens is 2. The number of hydrogen-bond acceptors (Lipinski definition) is 3. The number of pyridine rings is 1. The molecule has 0 N–H and O–H groups in total. The van der Waals surface area contributed by atoms with Crippen LogP contribution < -0.4 is 0 Å². The molecule has 0 aliphatic heterocycles. The van der Waals surface area contributed by atoms with E-state index in [1.54, 1.807) is 6.92 Å². The van der Waals surface area contributed by atoms with Crippen LogP contribution in [0.2, 0.25) is 0 Å². The van der Waals surface area contributed by atoms with Gasteiger partial charge in [-0.3, -0.25) is 0 Å². The number of hydrogen-bond donors (Lipinski definition) is 0. The van der Waals surface area contributed by atoms with E-state index in [1.165, 1.54) is 0 Å².